The monoisotopic (exact) mass is 306 g/mol. The molecule has 1 atom stereocenters. The molecule has 0 heterocycles. The first kappa shape index (κ1) is 18.0. The van der Waals surface area contributed by atoms with Gasteiger partial charge in [0, 0.05) is 18.3 Å². The molecule has 1 aromatic carbocycles. The first-order valence-electron chi connectivity index (χ1n) is 7.61. The van der Waals surface area contributed by atoms with Crippen LogP contribution in [0.4, 0.5) is 10.5 Å². The van der Waals surface area contributed by atoms with E-state index in [4.69, 9.17) is 0 Å². The molecular weight excluding hydrogens is 280 g/mol. The summed E-state index contributed by atoms with van der Waals surface area (Å²) in [5, 5.41) is 2.97. The van der Waals surface area contributed by atoms with E-state index in [0.717, 1.165) is 23.2 Å². The molecule has 1 N–H and O–H groups in total. The number of carbonyl (C=O) groups excluding carboxylic acids is 2. The molecule has 0 aliphatic carbocycles. The Balaban J connectivity index is 2.85. The van der Waals surface area contributed by atoms with Gasteiger partial charge in [-0.2, -0.15) is 0 Å². The summed E-state index contributed by atoms with van der Waals surface area (Å²) in [5.41, 5.74) is 2.87. The average Bonchev–Trinajstić information content (AvgIpc) is 2.50. The van der Waals surface area contributed by atoms with E-state index in [1.54, 1.807) is 4.90 Å². The summed E-state index contributed by atoms with van der Waals surface area (Å²) < 4.78 is 4.65. The lowest BCUT2D eigenvalue weighted by Gasteiger charge is -2.29. The molecule has 0 bridgehead atoms. The first-order chi connectivity index (χ1) is 10.4. The number of methoxy groups -OCH3 is 1. The van der Waals surface area contributed by atoms with E-state index < -0.39 is 0 Å². The second-order valence-electron chi connectivity index (χ2n) is 5.47. The molecule has 0 fully saturated rings. The third-order valence-electron chi connectivity index (χ3n) is 3.88. The van der Waals surface area contributed by atoms with Crippen molar-refractivity contribution in [2.24, 2.45) is 0 Å². The van der Waals surface area contributed by atoms with Gasteiger partial charge >= 0.3 is 12.0 Å². The van der Waals surface area contributed by atoms with Gasteiger partial charge < -0.3 is 15.0 Å². The van der Waals surface area contributed by atoms with Crippen LogP contribution in [0.25, 0.3) is 0 Å². The Morgan fingerprint density at radius 1 is 1.27 bits per heavy atom. The van der Waals surface area contributed by atoms with Crippen molar-refractivity contribution in [2.45, 2.75) is 46.6 Å². The largest absolute Gasteiger partial charge is 0.469 e. The second kappa shape index (κ2) is 8.41. The summed E-state index contributed by atoms with van der Waals surface area (Å²) in [6.07, 6.45) is 1.02. The molecule has 5 nitrogen and oxygen atoms in total. The minimum Gasteiger partial charge on any atom is -0.469 e. The van der Waals surface area contributed by atoms with Crippen molar-refractivity contribution in [1.82, 2.24) is 4.90 Å². The van der Waals surface area contributed by atoms with E-state index in [9.17, 15) is 9.59 Å². The van der Waals surface area contributed by atoms with Crippen molar-refractivity contribution in [3.63, 3.8) is 0 Å². The maximum absolute atomic E-state index is 12.6. The molecule has 0 aliphatic rings. The standard InChI is InChI=1S/C17H26N2O3/c1-6-14(4)19(11-10-15(20)22-5)17(21)18-16-12(2)8-7-9-13(16)3/h7-9,14H,6,10-11H2,1-5H3,(H,18,21). The highest BCUT2D eigenvalue weighted by Crippen LogP contribution is 2.20. The van der Waals surface area contributed by atoms with Crippen LogP contribution in [0.2, 0.25) is 0 Å². The Hall–Kier alpha value is -2.04. The highest BCUT2D eigenvalue weighted by Gasteiger charge is 2.21. The summed E-state index contributed by atoms with van der Waals surface area (Å²) in [6, 6.07) is 5.75. The van der Waals surface area contributed by atoms with Crippen LogP contribution in [0.5, 0.6) is 0 Å². The second-order valence-corrected chi connectivity index (χ2v) is 5.47. The van der Waals surface area contributed by atoms with Crippen LogP contribution in [0.15, 0.2) is 18.2 Å². The molecule has 0 aromatic heterocycles. The summed E-state index contributed by atoms with van der Waals surface area (Å²) in [5.74, 6) is -0.312. The quantitative estimate of drug-likeness (QED) is 0.818. The van der Waals surface area contributed by atoms with Crippen LogP contribution in [0, 0.1) is 13.8 Å². The van der Waals surface area contributed by atoms with Crippen molar-refractivity contribution in [3.05, 3.63) is 29.3 Å². The first-order valence-corrected chi connectivity index (χ1v) is 7.61. The van der Waals surface area contributed by atoms with Crippen molar-refractivity contribution >= 4 is 17.7 Å². The van der Waals surface area contributed by atoms with Crippen LogP contribution >= 0.6 is 0 Å². The zero-order valence-corrected chi connectivity index (χ0v) is 14.1. The third kappa shape index (κ3) is 4.76. The van der Waals surface area contributed by atoms with Gasteiger partial charge in [-0.05, 0) is 38.3 Å². The zero-order valence-electron chi connectivity index (χ0n) is 14.1. The lowest BCUT2D eigenvalue weighted by atomic mass is 10.1. The lowest BCUT2D eigenvalue weighted by molar-refractivity contribution is -0.140. The number of rotatable bonds is 6. The Morgan fingerprint density at radius 2 is 1.86 bits per heavy atom. The predicted molar refractivity (Wildman–Crippen MR) is 88.0 cm³/mol. The number of amides is 2. The van der Waals surface area contributed by atoms with Gasteiger partial charge in [0.1, 0.15) is 0 Å². The zero-order chi connectivity index (χ0) is 16.7. The Bertz CT molecular complexity index is 508. The number of carbonyl (C=O) groups is 2. The Morgan fingerprint density at radius 3 is 2.36 bits per heavy atom. The summed E-state index contributed by atoms with van der Waals surface area (Å²) >= 11 is 0. The number of esters is 1. The highest BCUT2D eigenvalue weighted by atomic mass is 16.5. The molecule has 0 saturated carbocycles. The molecule has 0 radical (unpaired) electrons. The van der Waals surface area contributed by atoms with E-state index in [2.05, 4.69) is 10.1 Å². The maximum atomic E-state index is 12.6. The van der Waals surface area contributed by atoms with Gasteiger partial charge in [0.2, 0.25) is 0 Å². The molecular formula is C17H26N2O3. The van der Waals surface area contributed by atoms with Gasteiger partial charge in [-0.25, -0.2) is 4.79 Å². The van der Waals surface area contributed by atoms with Gasteiger partial charge in [0.25, 0.3) is 0 Å². The maximum Gasteiger partial charge on any atom is 0.322 e. The highest BCUT2D eigenvalue weighted by molar-refractivity contribution is 5.91. The topological polar surface area (TPSA) is 58.6 Å². The predicted octanol–water partition coefficient (Wildman–Crippen LogP) is 3.50. The number of hydrogen-bond acceptors (Lipinski definition) is 3. The molecule has 1 aromatic rings. The summed E-state index contributed by atoms with van der Waals surface area (Å²) in [7, 11) is 1.35. The van der Waals surface area contributed by atoms with Gasteiger partial charge in [-0.3, -0.25) is 4.79 Å². The number of anilines is 1. The van der Waals surface area contributed by atoms with Crippen molar-refractivity contribution < 1.29 is 14.3 Å². The van der Waals surface area contributed by atoms with Crippen molar-refractivity contribution in [1.29, 1.82) is 0 Å². The minimum atomic E-state index is -0.312. The Kier molecular flexibility index (Phi) is 6.89. The fourth-order valence-corrected chi connectivity index (χ4v) is 2.25. The van der Waals surface area contributed by atoms with Crippen molar-refractivity contribution in [3.8, 4) is 0 Å². The number of para-hydroxylation sites is 1. The summed E-state index contributed by atoms with van der Waals surface area (Å²) in [6.45, 7) is 8.26. The molecule has 0 aliphatic heterocycles. The molecule has 0 spiro atoms. The average molecular weight is 306 g/mol. The fourth-order valence-electron chi connectivity index (χ4n) is 2.25. The van der Waals surface area contributed by atoms with Crippen LogP contribution in [0.1, 0.15) is 37.8 Å². The van der Waals surface area contributed by atoms with Crippen molar-refractivity contribution in [2.75, 3.05) is 19.0 Å². The van der Waals surface area contributed by atoms with E-state index in [0.29, 0.717) is 6.54 Å². The molecule has 22 heavy (non-hydrogen) atoms. The number of nitrogens with zero attached hydrogens (tertiary/aromatic N) is 1. The molecule has 0 saturated heterocycles. The molecule has 122 valence electrons. The normalized spacial score (nSPS) is 11.7. The van der Waals surface area contributed by atoms with E-state index >= 15 is 0 Å². The van der Waals surface area contributed by atoms with E-state index in [-0.39, 0.29) is 24.5 Å². The smallest absolute Gasteiger partial charge is 0.322 e. The van der Waals surface area contributed by atoms with E-state index in [1.165, 1.54) is 7.11 Å². The van der Waals surface area contributed by atoms with E-state index in [1.807, 2.05) is 45.9 Å². The van der Waals surface area contributed by atoms with Crippen LogP contribution in [0.3, 0.4) is 0 Å². The summed E-state index contributed by atoms with van der Waals surface area (Å²) in [4.78, 5) is 25.6. The minimum absolute atomic E-state index is 0.0500. The molecule has 1 rings (SSSR count). The SMILES string of the molecule is CCC(C)N(CCC(=O)OC)C(=O)Nc1c(C)cccc1C. The van der Waals surface area contributed by atoms with Gasteiger partial charge in [0.05, 0.1) is 13.5 Å². The van der Waals surface area contributed by atoms with Gasteiger partial charge in [-0.1, -0.05) is 25.1 Å². The van der Waals surface area contributed by atoms with Crippen LogP contribution in [-0.2, 0) is 9.53 Å². The fraction of sp³-hybridized carbons (Fsp3) is 0.529. The lowest BCUT2D eigenvalue weighted by Crippen LogP contribution is -2.42. The number of benzene rings is 1. The number of ether oxygens (including phenoxy) is 1. The number of aryl methyl sites for hydroxylation is 2. The number of hydrogen-bond donors (Lipinski definition) is 1. The molecule has 2 amide bonds. The number of nitrogens with one attached hydrogen (secondary N) is 1. The van der Waals surface area contributed by atoms with Crippen LogP contribution < -0.4 is 5.32 Å². The number of urea groups is 1. The third-order valence-corrected chi connectivity index (χ3v) is 3.88. The van der Waals surface area contributed by atoms with Gasteiger partial charge in [-0.15, -0.1) is 0 Å². The van der Waals surface area contributed by atoms with Crippen LogP contribution in [-0.4, -0.2) is 36.6 Å². The Labute approximate surface area is 132 Å². The van der Waals surface area contributed by atoms with Gasteiger partial charge in [0.15, 0.2) is 0 Å². The molecule has 1 unspecified atom stereocenters. The molecule has 5 heteroatoms.